The van der Waals surface area contributed by atoms with Gasteiger partial charge in [-0.2, -0.15) is 0 Å². The highest BCUT2D eigenvalue weighted by atomic mass is 16.5. The van der Waals surface area contributed by atoms with Crippen molar-refractivity contribution in [3.05, 3.63) is 11.6 Å². The van der Waals surface area contributed by atoms with Gasteiger partial charge < -0.3 is 9.84 Å². The summed E-state index contributed by atoms with van der Waals surface area (Å²) in [5, 5.41) is 10.1. The van der Waals surface area contributed by atoms with E-state index in [-0.39, 0.29) is 41.2 Å². The zero-order chi connectivity index (χ0) is 19.4. The largest absolute Gasteiger partial charge is 0.458 e. The Morgan fingerprint density at radius 1 is 1.15 bits per heavy atom. The number of ketones is 1. The van der Waals surface area contributed by atoms with E-state index in [4.69, 9.17) is 4.74 Å². The molecule has 4 aliphatic carbocycles. The zero-order valence-corrected chi connectivity index (χ0v) is 17.0. The Balaban J connectivity index is 1.55. The molecule has 4 aliphatic rings. The highest BCUT2D eigenvalue weighted by Gasteiger charge is 2.59. The molecule has 0 aliphatic heterocycles. The van der Waals surface area contributed by atoms with Crippen molar-refractivity contribution in [1.82, 2.24) is 0 Å². The summed E-state index contributed by atoms with van der Waals surface area (Å²) in [4.78, 5) is 23.9. The Morgan fingerprint density at radius 3 is 2.67 bits per heavy atom. The van der Waals surface area contributed by atoms with Crippen molar-refractivity contribution in [3.63, 3.8) is 0 Å². The van der Waals surface area contributed by atoms with Gasteiger partial charge in [0, 0.05) is 12.8 Å². The third kappa shape index (κ3) is 2.99. The maximum Gasteiger partial charge on any atom is 0.303 e. The molecular formula is C23H34O4. The fourth-order valence-corrected chi connectivity index (χ4v) is 7.44. The zero-order valence-electron chi connectivity index (χ0n) is 17.0. The van der Waals surface area contributed by atoms with Crippen molar-refractivity contribution in [1.29, 1.82) is 0 Å². The molecule has 0 heterocycles. The second-order valence-electron chi connectivity index (χ2n) is 10.1. The standard InChI is InChI=1S/C23H34O4/c1-14(24)27-13-21(26)20-7-6-18-17-5-4-15-12-16(25)8-10-22(15,2)19(17)9-11-23(18,20)3/h4,16-20,25H,5-13H2,1-3H3/t16-,17-,18-,19-,20+,22+,23+/m1/s1. The van der Waals surface area contributed by atoms with Gasteiger partial charge in [0.2, 0.25) is 0 Å². The van der Waals surface area contributed by atoms with E-state index < -0.39 is 0 Å². The fourth-order valence-electron chi connectivity index (χ4n) is 7.44. The first-order valence-electron chi connectivity index (χ1n) is 10.8. The summed E-state index contributed by atoms with van der Waals surface area (Å²) in [6.45, 7) is 6.06. The summed E-state index contributed by atoms with van der Waals surface area (Å²) in [7, 11) is 0. The van der Waals surface area contributed by atoms with Crippen LogP contribution in [0.1, 0.15) is 72.1 Å². The molecule has 1 N–H and O–H groups in total. The van der Waals surface area contributed by atoms with Gasteiger partial charge >= 0.3 is 5.97 Å². The second kappa shape index (κ2) is 6.72. The number of ether oxygens (including phenoxy) is 1. The first-order valence-corrected chi connectivity index (χ1v) is 10.8. The minimum atomic E-state index is -0.371. The van der Waals surface area contributed by atoms with Crippen LogP contribution in [-0.4, -0.2) is 29.6 Å². The highest BCUT2D eigenvalue weighted by Crippen LogP contribution is 2.66. The molecule has 150 valence electrons. The van der Waals surface area contributed by atoms with Crippen molar-refractivity contribution < 1.29 is 19.4 Å². The molecule has 0 amide bonds. The number of Topliss-reactive ketones (excluding diaryl/α,β-unsaturated/α-hetero) is 1. The molecule has 3 saturated carbocycles. The number of esters is 1. The van der Waals surface area contributed by atoms with Crippen LogP contribution in [0.5, 0.6) is 0 Å². The first-order chi connectivity index (χ1) is 12.8. The normalized spacial score (nSPS) is 45.9. The molecule has 3 fully saturated rings. The molecule has 0 bridgehead atoms. The van der Waals surface area contributed by atoms with Crippen molar-refractivity contribution >= 4 is 11.8 Å². The van der Waals surface area contributed by atoms with Gasteiger partial charge in [-0.05, 0) is 80.0 Å². The molecular weight excluding hydrogens is 340 g/mol. The molecule has 0 unspecified atom stereocenters. The van der Waals surface area contributed by atoms with Crippen LogP contribution >= 0.6 is 0 Å². The maximum atomic E-state index is 12.8. The average Bonchev–Trinajstić information content (AvgIpc) is 2.97. The van der Waals surface area contributed by atoms with Crippen LogP contribution in [0.3, 0.4) is 0 Å². The second-order valence-corrected chi connectivity index (χ2v) is 10.1. The number of aliphatic hydroxyl groups excluding tert-OH is 1. The Labute approximate surface area is 162 Å². The predicted molar refractivity (Wildman–Crippen MR) is 103 cm³/mol. The van der Waals surface area contributed by atoms with E-state index in [1.807, 2.05) is 0 Å². The number of rotatable bonds is 3. The molecule has 7 atom stereocenters. The molecule has 0 saturated heterocycles. The van der Waals surface area contributed by atoms with E-state index in [1.165, 1.54) is 18.9 Å². The van der Waals surface area contributed by atoms with Crippen LogP contribution in [-0.2, 0) is 14.3 Å². The van der Waals surface area contributed by atoms with Gasteiger partial charge in [-0.15, -0.1) is 0 Å². The van der Waals surface area contributed by atoms with Gasteiger partial charge in [0.25, 0.3) is 0 Å². The van der Waals surface area contributed by atoms with E-state index in [0.717, 1.165) is 44.9 Å². The number of hydrogen-bond acceptors (Lipinski definition) is 4. The number of carbonyl (C=O) groups excluding carboxylic acids is 2. The lowest BCUT2D eigenvalue weighted by atomic mass is 9.47. The lowest BCUT2D eigenvalue weighted by Gasteiger charge is -2.57. The molecule has 4 heteroatoms. The Hall–Kier alpha value is -1.16. The lowest BCUT2D eigenvalue weighted by molar-refractivity contribution is -0.149. The van der Waals surface area contributed by atoms with Crippen molar-refractivity contribution in [2.45, 2.75) is 78.2 Å². The number of allylic oxidation sites excluding steroid dienone is 1. The number of hydrogen-bond donors (Lipinski definition) is 1. The van der Waals surface area contributed by atoms with E-state index in [1.54, 1.807) is 0 Å². The molecule has 0 aromatic carbocycles. The maximum absolute atomic E-state index is 12.8. The minimum Gasteiger partial charge on any atom is -0.458 e. The SMILES string of the molecule is CC(=O)OCC(=O)[C@@H]1CC[C@@H]2[C@H]3CC=C4C[C@H](O)CC[C@]4(C)[C@@H]3CC[C@@]21C. The summed E-state index contributed by atoms with van der Waals surface area (Å²) in [5.74, 6) is 1.71. The van der Waals surface area contributed by atoms with Crippen molar-refractivity contribution in [3.8, 4) is 0 Å². The summed E-state index contributed by atoms with van der Waals surface area (Å²) in [6.07, 6.45) is 10.6. The molecule has 0 spiro atoms. The average molecular weight is 375 g/mol. The smallest absolute Gasteiger partial charge is 0.303 e. The van der Waals surface area contributed by atoms with Crippen LogP contribution in [0.2, 0.25) is 0 Å². The van der Waals surface area contributed by atoms with E-state index >= 15 is 0 Å². The summed E-state index contributed by atoms with van der Waals surface area (Å²) in [6, 6.07) is 0. The minimum absolute atomic E-state index is 0.0363. The molecule has 0 radical (unpaired) electrons. The van der Waals surface area contributed by atoms with Crippen molar-refractivity contribution in [2.24, 2.45) is 34.5 Å². The topological polar surface area (TPSA) is 63.6 Å². The predicted octanol–water partition coefficient (Wildman–Crippen LogP) is 4.06. The summed E-state index contributed by atoms with van der Waals surface area (Å²) in [5.41, 5.74) is 1.78. The van der Waals surface area contributed by atoms with Crippen LogP contribution in [0, 0.1) is 34.5 Å². The van der Waals surface area contributed by atoms with Gasteiger partial charge in [0.05, 0.1) is 6.10 Å². The third-order valence-corrected chi connectivity index (χ3v) is 8.88. The van der Waals surface area contributed by atoms with E-state index in [0.29, 0.717) is 17.8 Å². The van der Waals surface area contributed by atoms with E-state index in [2.05, 4.69) is 19.9 Å². The van der Waals surface area contributed by atoms with Gasteiger partial charge in [0.15, 0.2) is 5.78 Å². The first kappa shape index (κ1) is 19.2. The van der Waals surface area contributed by atoms with Gasteiger partial charge in [0.1, 0.15) is 6.61 Å². The molecule has 4 rings (SSSR count). The number of fused-ring (bicyclic) bond motifs is 5. The molecule has 0 aromatic rings. The fraction of sp³-hybridized carbons (Fsp3) is 0.826. The molecule has 0 aromatic heterocycles. The Bertz CT molecular complexity index is 667. The monoisotopic (exact) mass is 374 g/mol. The van der Waals surface area contributed by atoms with Crippen LogP contribution in [0.15, 0.2) is 11.6 Å². The third-order valence-electron chi connectivity index (χ3n) is 8.88. The van der Waals surface area contributed by atoms with Crippen LogP contribution in [0.4, 0.5) is 0 Å². The quantitative estimate of drug-likeness (QED) is 0.598. The Morgan fingerprint density at radius 2 is 1.93 bits per heavy atom. The summed E-state index contributed by atoms with van der Waals surface area (Å²) >= 11 is 0. The number of carbonyl (C=O) groups is 2. The van der Waals surface area contributed by atoms with Gasteiger partial charge in [-0.1, -0.05) is 25.5 Å². The highest BCUT2D eigenvalue weighted by molar-refractivity contribution is 5.85. The molecule has 4 nitrogen and oxygen atoms in total. The molecule has 27 heavy (non-hydrogen) atoms. The van der Waals surface area contributed by atoms with E-state index in [9.17, 15) is 14.7 Å². The Kier molecular flexibility index (Phi) is 4.77. The lowest BCUT2D eigenvalue weighted by Crippen LogP contribution is -2.51. The van der Waals surface area contributed by atoms with Gasteiger partial charge in [-0.3, -0.25) is 9.59 Å². The van der Waals surface area contributed by atoms with Crippen LogP contribution < -0.4 is 0 Å². The summed E-state index contributed by atoms with van der Waals surface area (Å²) < 4.78 is 5.02. The number of aliphatic hydroxyl groups is 1. The van der Waals surface area contributed by atoms with Crippen LogP contribution in [0.25, 0.3) is 0 Å². The van der Waals surface area contributed by atoms with Gasteiger partial charge in [-0.25, -0.2) is 0 Å². The van der Waals surface area contributed by atoms with Crippen molar-refractivity contribution in [2.75, 3.05) is 6.61 Å².